The van der Waals surface area contributed by atoms with Crippen molar-refractivity contribution in [3.05, 3.63) is 119 Å². The Morgan fingerprint density at radius 2 is 0.730 bits per heavy atom. The summed E-state index contributed by atoms with van der Waals surface area (Å²) in [6, 6.07) is 34.0. The van der Waals surface area contributed by atoms with Gasteiger partial charge in [-0.05, 0) is 128 Å². The third kappa shape index (κ3) is 2.96. The third-order valence-corrected chi connectivity index (χ3v) is 8.48. The third-order valence-electron chi connectivity index (χ3n) is 8.48. The van der Waals surface area contributed by atoms with E-state index in [1.807, 2.05) is 0 Å². The van der Waals surface area contributed by atoms with E-state index in [1.54, 1.807) is 0 Å². The molecule has 1 aliphatic carbocycles. The Kier molecular flexibility index (Phi) is 4.72. The van der Waals surface area contributed by atoms with Crippen molar-refractivity contribution in [3.63, 3.8) is 0 Å². The van der Waals surface area contributed by atoms with Crippen molar-refractivity contribution in [1.82, 2.24) is 0 Å². The van der Waals surface area contributed by atoms with E-state index in [2.05, 4.69) is 126 Å². The van der Waals surface area contributed by atoms with Crippen molar-refractivity contribution < 1.29 is 0 Å². The number of hydrogen-bond acceptors (Lipinski definition) is 0. The highest BCUT2D eigenvalue weighted by Gasteiger charge is 2.32. The van der Waals surface area contributed by atoms with Crippen molar-refractivity contribution in [1.29, 1.82) is 0 Å². The number of aryl methyl sites for hydroxylation is 5. The first kappa shape index (κ1) is 22.1. The number of benzene rings is 6. The summed E-state index contributed by atoms with van der Waals surface area (Å²) in [7, 11) is 0. The molecule has 0 amide bonds. The van der Waals surface area contributed by atoms with Gasteiger partial charge in [0.05, 0.1) is 0 Å². The molecule has 37 heavy (non-hydrogen) atoms. The maximum atomic E-state index is 2.37. The quantitative estimate of drug-likeness (QED) is 0.234. The van der Waals surface area contributed by atoms with E-state index < -0.39 is 0 Å². The lowest BCUT2D eigenvalue weighted by molar-refractivity contribution is 1.38. The lowest BCUT2D eigenvalue weighted by Crippen LogP contribution is -1.98. The second kappa shape index (κ2) is 7.92. The van der Waals surface area contributed by atoms with Crippen molar-refractivity contribution in [2.75, 3.05) is 0 Å². The van der Waals surface area contributed by atoms with Gasteiger partial charge in [0.25, 0.3) is 0 Å². The molecule has 0 heterocycles. The normalized spacial score (nSPS) is 11.9. The van der Waals surface area contributed by atoms with Crippen LogP contribution in [0, 0.1) is 34.6 Å². The van der Waals surface area contributed by atoms with E-state index in [9.17, 15) is 0 Å². The molecule has 0 fully saturated rings. The SMILES string of the molecule is Cc1cccc(C)c1-c1c2c(c(-c3c(C)cccc3C)c3ccccc13)-c1ccc(C)c3cccc-2c13. The smallest absolute Gasteiger partial charge is 0.000721 e. The molecule has 1 aliphatic rings. The lowest BCUT2D eigenvalue weighted by Gasteiger charge is -2.24. The molecule has 0 aliphatic heterocycles. The Balaban J connectivity index is 1.81. The number of fused-ring (bicyclic) bond motifs is 4. The molecule has 178 valence electrons. The fourth-order valence-corrected chi connectivity index (χ4v) is 6.88. The van der Waals surface area contributed by atoms with E-state index in [4.69, 9.17) is 0 Å². The highest BCUT2D eigenvalue weighted by atomic mass is 14.3. The van der Waals surface area contributed by atoms with Gasteiger partial charge in [0.15, 0.2) is 0 Å². The summed E-state index contributed by atoms with van der Waals surface area (Å²) in [5, 5.41) is 5.42. The van der Waals surface area contributed by atoms with Crippen LogP contribution in [-0.2, 0) is 0 Å². The predicted molar refractivity (Wildman–Crippen MR) is 160 cm³/mol. The number of rotatable bonds is 2. The fraction of sp³-hybridized carbons (Fsp3) is 0.135. The molecular weight excluding hydrogens is 444 g/mol. The minimum atomic E-state index is 1.33. The van der Waals surface area contributed by atoms with E-state index in [0.717, 1.165) is 0 Å². The second-order valence-corrected chi connectivity index (χ2v) is 10.7. The van der Waals surface area contributed by atoms with Crippen LogP contribution >= 0.6 is 0 Å². The van der Waals surface area contributed by atoms with Crippen LogP contribution in [0.4, 0.5) is 0 Å². The van der Waals surface area contributed by atoms with Gasteiger partial charge in [0.2, 0.25) is 0 Å². The first-order valence-electron chi connectivity index (χ1n) is 13.2. The van der Waals surface area contributed by atoms with Gasteiger partial charge in [-0.1, -0.05) is 91.0 Å². The maximum absolute atomic E-state index is 2.37. The zero-order valence-electron chi connectivity index (χ0n) is 22.2. The summed E-state index contributed by atoms with van der Waals surface area (Å²) in [5.74, 6) is 0. The molecule has 6 aromatic rings. The molecule has 0 atom stereocenters. The Hall–Kier alpha value is -4.16. The van der Waals surface area contributed by atoms with Crippen LogP contribution in [0.3, 0.4) is 0 Å². The highest BCUT2D eigenvalue weighted by Crippen LogP contribution is 2.58. The Labute approximate surface area is 219 Å². The summed E-state index contributed by atoms with van der Waals surface area (Å²) >= 11 is 0. The van der Waals surface area contributed by atoms with Crippen LogP contribution < -0.4 is 0 Å². The van der Waals surface area contributed by atoms with Gasteiger partial charge in [-0.15, -0.1) is 0 Å². The monoisotopic (exact) mass is 474 g/mol. The lowest BCUT2D eigenvalue weighted by atomic mass is 9.79. The molecule has 0 bridgehead atoms. The van der Waals surface area contributed by atoms with Crippen molar-refractivity contribution in [2.24, 2.45) is 0 Å². The van der Waals surface area contributed by atoms with Crippen LogP contribution in [0.1, 0.15) is 27.8 Å². The molecule has 0 N–H and O–H groups in total. The van der Waals surface area contributed by atoms with Gasteiger partial charge in [-0.2, -0.15) is 0 Å². The molecule has 0 aromatic heterocycles. The molecule has 0 heteroatoms. The summed E-state index contributed by atoms with van der Waals surface area (Å²) in [6.45, 7) is 11.3. The molecule has 6 aromatic carbocycles. The fourth-order valence-electron chi connectivity index (χ4n) is 6.88. The average Bonchev–Trinajstić information content (AvgIpc) is 3.22. The molecule has 0 nitrogen and oxygen atoms in total. The standard InChI is InChI=1S/C37H30/c1-21-19-20-30-33-26(21)17-10-18-29(33)36-34(31-22(2)11-8-12-23(31)3)27-15-6-7-16-28(27)35(37(30)36)32-24(4)13-9-14-25(32)5/h6-20H,1-5H3. The van der Waals surface area contributed by atoms with Gasteiger partial charge >= 0.3 is 0 Å². The van der Waals surface area contributed by atoms with Gasteiger partial charge in [0.1, 0.15) is 0 Å². The van der Waals surface area contributed by atoms with Crippen LogP contribution in [0.15, 0.2) is 91.0 Å². The zero-order valence-corrected chi connectivity index (χ0v) is 22.2. The molecule has 0 saturated carbocycles. The van der Waals surface area contributed by atoms with Gasteiger partial charge < -0.3 is 0 Å². The van der Waals surface area contributed by atoms with Crippen LogP contribution in [0.2, 0.25) is 0 Å². The first-order valence-corrected chi connectivity index (χ1v) is 13.2. The van der Waals surface area contributed by atoms with Gasteiger partial charge in [-0.25, -0.2) is 0 Å². The minimum absolute atomic E-state index is 1.33. The summed E-state index contributed by atoms with van der Waals surface area (Å²) in [5.41, 5.74) is 17.6. The molecule has 7 rings (SSSR count). The number of hydrogen-bond donors (Lipinski definition) is 0. The van der Waals surface area contributed by atoms with Crippen LogP contribution in [0.25, 0.3) is 66.1 Å². The van der Waals surface area contributed by atoms with Crippen molar-refractivity contribution in [2.45, 2.75) is 34.6 Å². The topological polar surface area (TPSA) is 0 Å². The predicted octanol–water partition coefficient (Wildman–Crippen LogP) is 10.5. The average molecular weight is 475 g/mol. The summed E-state index contributed by atoms with van der Waals surface area (Å²) in [6.07, 6.45) is 0. The molecular formula is C37H30. The largest absolute Gasteiger partial charge is 0.0617 e. The molecule has 0 radical (unpaired) electrons. The van der Waals surface area contributed by atoms with E-state index >= 15 is 0 Å². The highest BCUT2D eigenvalue weighted by molar-refractivity contribution is 6.28. The first-order chi connectivity index (χ1) is 18.0. The van der Waals surface area contributed by atoms with Crippen molar-refractivity contribution in [3.8, 4) is 44.5 Å². The van der Waals surface area contributed by atoms with Crippen molar-refractivity contribution >= 4 is 21.5 Å². The Morgan fingerprint density at radius 1 is 0.297 bits per heavy atom. The minimum Gasteiger partial charge on any atom is -0.0617 e. The Morgan fingerprint density at radius 3 is 1.24 bits per heavy atom. The molecule has 0 unspecified atom stereocenters. The Bertz CT molecular complexity index is 1770. The second-order valence-electron chi connectivity index (χ2n) is 10.7. The molecule has 0 spiro atoms. The molecule has 0 saturated heterocycles. The summed E-state index contributed by atoms with van der Waals surface area (Å²) in [4.78, 5) is 0. The van der Waals surface area contributed by atoms with E-state index in [0.29, 0.717) is 0 Å². The zero-order chi connectivity index (χ0) is 25.4. The van der Waals surface area contributed by atoms with Crippen LogP contribution in [0.5, 0.6) is 0 Å². The van der Waals surface area contributed by atoms with E-state index in [1.165, 1.54) is 93.9 Å². The maximum Gasteiger partial charge on any atom is -0.000721 e. The summed E-state index contributed by atoms with van der Waals surface area (Å²) < 4.78 is 0. The van der Waals surface area contributed by atoms with Gasteiger partial charge in [-0.3, -0.25) is 0 Å². The van der Waals surface area contributed by atoms with E-state index in [-0.39, 0.29) is 0 Å². The van der Waals surface area contributed by atoms with Crippen LogP contribution in [-0.4, -0.2) is 0 Å². The van der Waals surface area contributed by atoms with Gasteiger partial charge in [0, 0.05) is 0 Å².